The quantitative estimate of drug-likeness (QED) is 0.864. The molecule has 1 rings (SSSR count). The molecule has 0 amide bonds. The number of esters is 1. The number of carbonyl (C=O) groups excluding carboxylic acids is 1. The molecule has 0 spiro atoms. The van der Waals surface area contributed by atoms with Crippen molar-refractivity contribution >= 4 is 33.2 Å². The predicted octanol–water partition coefficient (Wildman–Crippen LogP) is 2.38. The van der Waals surface area contributed by atoms with Crippen LogP contribution in [0.5, 0.6) is 0 Å². The molecule has 0 aliphatic rings. The molecule has 0 saturated heterocycles. The van der Waals surface area contributed by atoms with E-state index in [-0.39, 0.29) is 18.4 Å². The smallest absolute Gasteiger partial charge is 0.307 e. The minimum atomic E-state index is -0.278. The van der Waals surface area contributed by atoms with E-state index < -0.39 is 0 Å². The van der Waals surface area contributed by atoms with Gasteiger partial charge in [0, 0.05) is 10.9 Å². The summed E-state index contributed by atoms with van der Waals surface area (Å²) in [5.41, 5.74) is 6.99. The zero-order chi connectivity index (χ0) is 10.7. The number of hydrogen-bond acceptors (Lipinski definition) is 4. The third-order valence-electron chi connectivity index (χ3n) is 1.86. The summed E-state index contributed by atoms with van der Waals surface area (Å²) in [6, 6.07) is 1.72. The molecule has 0 unspecified atom stereocenters. The summed E-state index contributed by atoms with van der Waals surface area (Å²) in [6.45, 7) is 1.99. The van der Waals surface area contributed by atoms with Crippen LogP contribution in [0.3, 0.4) is 0 Å². The molecule has 0 aliphatic heterocycles. The lowest BCUT2D eigenvalue weighted by Gasteiger charge is -2.06. The van der Waals surface area contributed by atoms with Crippen molar-refractivity contribution < 1.29 is 9.53 Å². The fraction of sp³-hybridized carbons (Fsp3) is 0.444. The molecule has 5 heteroatoms. The Morgan fingerprint density at radius 1 is 1.79 bits per heavy atom. The van der Waals surface area contributed by atoms with Gasteiger partial charge in [-0.2, -0.15) is 0 Å². The van der Waals surface area contributed by atoms with E-state index in [1.807, 2.05) is 13.0 Å². The Bertz CT molecular complexity index is 318. The first kappa shape index (κ1) is 11.7. The lowest BCUT2D eigenvalue weighted by atomic mass is 10.2. The number of rotatable bonds is 3. The van der Waals surface area contributed by atoms with Crippen LogP contribution < -0.4 is 5.73 Å². The molecule has 78 valence electrons. The van der Waals surface area contributed by atoms with Crippen molar-refractivity contribution in [2.24, 2.45) is 5.73 Å². The van der Waals surface area contributed by atoms with Crippen LogP contribution in [0.4, 0.5) is 0 Å². The van der Waals surface area contributed by atoms with Gasteiger partial charge in [0.2, 0.25) is 0 Å². The first-order chi connectivity index (χ1) is 6.54. The van der Waals surface area contributed by atoms with E-state index in [4.69, 9.17) is 5.73 Å². The SMILES string of the molecule is COC(=O)C[C@@H](N)c1cc(C)c(Br)s1. The fourth-order valence-corrected chi connectivity index (χ4v) is 2.60. The summed E-state index contributed by atoms with van der Waals surface area (Å²) in [6.07, 6.45) is 0.225. The molecule has 0 radical (unpaired) electrons. The van der Waals surface area contributed by atoms with Crippen LogP contribution in [0.1, 0.15) is 22.9 Å². The monoisotopic (exact) mass is 277 g/mol. The van der Waals surface area contributed by atoms with Crippen molar-refractivity contribution in [1.29, 1.82) is 0 Å². The van der Waals surface area contributed by atoms with E-state index in [2.05, 4.69) is 20.7 Å². The van der Waals surface area contributed by atoms with E-state index in [0.717, 1.165) is 14.2 Å². The molecule has 0 saturated carbocycles. The fourth-order valence-electron chi connectivity index (χ4n) is 1.03. The number of nitrogens with two attached hydrogens (primary N) is 1. The van der Waals surface area contributed by atoms with Gasteiger partial charge in [0.05, 0.1) is 17.3 Å². The Hall–Kier alpha value is -0.390. The molecule has 1 aromatic heterocycles. The molecular formula is C9H12BrNO2S. The molecule has 0 aliphatic carbocycles. The number of thiophene rings is 1. The van der Waals surface area contributed by atoms with Crippen LogP contribution in [-0.4, -0.2) is 13.1 Å². The van der Waals surface area contributed by atoms with Gasteiger partial charge in [-0.1, -0.05) is 0 Å². The summed E-state index contributed by atoms with van der Waals surface area (Å²) in [5, 5.41) is 0. The van der Waals surface area contributed by atoms with Crippen LogP contribution in [0, 0.1) is 6.92 Å². The van der Waals surface area contributed by atoms with Gasteiger partial charge in [-0.3, -0.25) is 4.79 Å². The van der Waals surface area contributed by atoms with Crippen molar-refractivity contribution in [3.63, 3.8) is 0 Å². The lowest BCUT2D eigenvalue weighted by molar-refractivity contribution is -0.141. The van der Waals surface area contributed by atoms with Gasteiger partial charge >= 0.3 is 5.97 Å². The molecule has 3 nitrogen and oxygen atoms in total. The minimum Gasteiger partial charge on any atom is -0.469 e. The molecule has 1 heterocycles. The molecule has 2 N–H and O–H groups in total. The predicted molar refractivity (Wildman–Crippen MR) is 60.3 cm³/mol. The Morgan fingerprint density at radius 3 is 2.86 bits per heavy atom. The first-order valence-electron chi connectivity index (χ1n) is 4.12. The minimum absolute atomic E-state index is 0.225. The highest BCUT2D eigenvalue weighted by Gasteiger charge is 2.14. The maximum atomic E-state index is 11.0. The number of methoxy groups -OCH3 is 1. The Kier molecular flexibility index (Phi) is 4.10. The van der Waals surface area contributed by atoms with Gasteiger partial charge in [0.15, 0.2) is 0 Å². The normalized spacial score (nSPS) is 12.6. The Labute approximate surface area is 95.4 Å². The van der Waals surface area contributed by atoms with Crippen LogP contribution in [0.25, 0.3) is 0 Å². The van der Waals surface area contributed by atoms with Crippen LogP contribution in [0.15, 0.2) is 9.85 Å². The van der Waals surface area contributed by atoms with Crippen molar-refractivity contribution in [2.75, 3.05) is 7.11 Å². The van der Waals surface area contributed by atoms with Gasteiger partial charge in [-0.15, -0.1) is 11.3 Å². The summed E-state index contributed by atoms with van der Waals surface area (Å²) in [7, 11) is 1.37. The second-order valence-electron chi connectivity index (χ2n) is 2.99. The molecule has 1 aromatic rings. The van der Waals surface area contributed by atoms with Crippen molar-refractivity contribution in [2.45, 2.75) is 19.4 Å². The van der Waals surface area contributed by atoms with Crippen molar-refractivity contribution in [3.05, 3.63) is 20.3 Å². The number of ether oxygens (including phenoxy) is 1. The van der Waals surface area contributed by atoms with Gasteiger partial charge in [-0.25, -0.2) is 0 Å². The zero-order valence-corrected chi connectivity index (χ0v) is 10.4. The molecule has 0 bridgehead atoms. The summed E-state index contributed by atoms with van der Waals surface area (Å²) in [5.74, 6) is -0.278. The number of hydrogen-bond donors (Lipinski definition) is 1. The summed E-state index contributed by atoms with van der Waals surface area (Å²) < 4.78 is 5.62. The average molecular weight is 278 g/mol. The standard InChI is InChI=1S/C9H12BrNO2S/c1-5-3-7(14-9(5)10)6(11)4-8(12)13-2/h3,6H,4,11H2,1-2H3/t6-/m1/s1. The van der Waals surface area contributed by atoms with Gasteiger partial charge in [0.1, 0.15) is 0 Å². The van der Waals surface area contributed by atoms with Crippen molar-refractivity contribution in [3.8, 4) is 0 Å². The third-order valence-corrected chi connectivity index (χ3v) is 4.12. The second kappa shape index (κ2) is 4.91. The highest BCUT2D eigenvalue weighted by molar-refractivity contribution is 9.11. The van der Waals surface area contributed by atoms with E-state index in [1.54, 1.807) is 11.3 Å². The van der Waals surface area contributed by atoms with Crippen LogP contribution >= 0.6 is 27.3 Å². The molecule has 0 aromatic carbocycles. The maximum absolute atomic E-state index is 11.0. The van der Waals surface area contributed by atoms with E-state index in [1.165, 1.54) is 7.11 Å². The highest BCUT2D eigenvalue weighted by Crippen LogP contribution is 2.31. The van der Waals surface area contributed by atoms with E-state index in [0.29, 0.717) is 0 Å². The van der Waals surface area contributed by atoms with Crippen LogP contribution in [-0.2, 0) is 9.53 Å². The average Bonchev–Trinajstić information content (AvgIpc) is 2.47. The molecule has 1 atom stereocenters. The molecule has 14 heavy (non-hydrogen) atoms. The van der Waals surface area contributed by atoms with Gasteiger partial charge < -0.3 is 10.5 Å². The maximum Gasteiger partial charge on any atom is 0.307 e. The third kappa shape index (κ3) is 2.80. The number of carbonyl (C=O) groups is 1. The van der Waals surface area contributed by atoms with Gasteiger partial charge in [0.25, 0.3) is 0 Å². The first-order valence-corrected chi connectivity index (χ1v) is 5.73. The van der Waals surface area contributed by atoms with Gasteiger partial charge in [-0.05, 0) is 34.5 Å². The molecular weight excluding hydrogens is 266 g/mol. The number of halogens is 1. The van der Waals surface area contributed by atoms with E-state index in [9.17, 15) is 4.79 Å². The van der Waals surface area contributed by atoms with Crippen LogP contribution in [0.2, 0.25) is 0 Å². The summed E-state index contributed by atoms with van der Waals surface area (Å²) >= 11 is 4.97. The second-order valence-corrected chi connectivity index (χ2v) is 5.39. The highest BCUT2D eigenvalue weighted by atomic mass is 79.9. The Balaban J connectivity index is 2.69. The largest absolute Gasteiger partial charge is 0.469 e. The zero-order valence-electron chi connectivity index (χ0n) is 8.04. The molecule has 0 fully saturated rings. The van der Waals surface area contributed by atoms with E-state index >= 15 is 0 Å². The lowest BCUT2D eigenvalue weighted by Crippen LogP contribution is -2.15. The summed E-state index contributed by atoms with van der Waals surface area (Å²) in [4.78, 5) is 12.0. The topological polar surface area (TPSA) is 52.3 Å². The Morgan fingerprint density at radius 2 is 2.43 bits per heavy atom. The number of aryl methyl sites for hydroxylation is 1. The van der Waals surface area contributed by atoms with Crippen molar-refractivity contribution in [1.82, 2.24) is 0 Å².